The van der Waals surface area contributed by atoms with Crippen LogP contribution in [0.4, 0.5) is 4.39 Å². The SMILES string of the molecule is CC1CCC(n2c(CCCl)nc3cc(F)ccc32)C1C. The molecule has 20 heavy (non-hydrogen) atoms. The van der Waals surface area contributed by atoms with E-state index in [1.165, 1.54) is 25.0 Å². The third kappa shape index (κ3) is 2.22. The van der Waals surface area contributed by atoms with Crippen LogP contribution in [0.2, 0.25) is 0 Å². The Bertz CT molecular complexity index is 622. The first kappa shape index (κ1) is 13.9. The molecule has 1 saturated carbocycles. The van der Waals surface area contributed by atoms with Crippen molar-refractivity contribution >= 4 is 22.6 Å². The molecule has 3 atom stereocenters. The van der Waals surface area contributed by atoms with Crippen LogP contribution in [0.1, 0.15) is 38.6 Å². The zero-order valence-corrected chi connectivity index (χ0v) is 12.7. The van der Waals surface area contributed by atoms with Crippen molar-refractivity contribution in [2.75, 3.05) is 5.88 Å². The van der Waals surface area contributed by atoms with Gasteiger partial charge in [-0.2, -0.15) is 0 Å². The molecule has 1 aromatic carbocycles. The van der Waals surface area contributed by atoms with Gasteiger partial charge in [-0.25, -0.2) is 9.37 Å². The third-order valence-corrected chi connectivity index (χ3v) is 4.99. The minimum absolute atomic E-state index is 0.229. The second kappa shape index (κ2) is 5.36. The molecule has 0 amide bonds. The van der Waals surface area contributed by atoms with Gasteiger partial charge in [0.05, 0.1) is 11.0 Å². The number of fused-ring (bicyclic) bond motifs is 1. The highest BCUT2D eigenvalue weighted by molar-refractivity contribution is 6.17. The van der Waals surface area contributed by atoms with Gasteiger partial charge in [-0.15, -0.1) is 11.6 Å². The molecule has 4 heteroatoms. The number of imidazole rings is 1. The molecule has 1 aliphatic carbocycles. The van der Waals surface area contributed by atoms with Crippen molar-refractivity contribution in [2.24, 2.45) is 11.8 Å². The summed E-state index contributed by atoms with van der Waals surface area (Å²) in [7, 11) is 0. The zero-order valence-electron chi connectivity index (χ0n) is 11.9. The largest absolute Gasteiger partial charge is 0.325 e. The van der Waals surface area contributed by atoms with Gasteiger partial charge in [-0.1, -0.05) is 13.8 Å². The number of hydrogen-bond donors (Lipinski definition) is 0. The first-order valence-electron chi connectivity index (χ1n) is 7.34. The van der Waals surface area contributed by atoms with Crippen LogP contribution in [0.15, 0.2) is 18.2 Å². The predicted octanol–water partition coefficient (Wildman–Crippen LogP) is 4.56. The minimum atomic E-state index is -0.229. The first-order chi connectivity index (χ1) is 9.61. The van der Waals surface area contributed by atoms with Gasteiger partial charge < -0.3 is 4.57 Å². The second-order valence-corrected chi connectivity index (χ2v) is 6.33. The maximum atomic E-state index is 13.4. The van der Waals surface area contributed by atoms with Crippen LogP contribution in [-0.4, -0.2) is 15.4 Å². The summed E-state index contributed by atoms with van der Waals surface area (Å²) in [5.74, 6) is 2.65. The van der Waals surface area contributed by atoms with Gasteiger partial charge in [0.1, 0.15) is 11.6 Å². The van der Waals surface area contributed by atoms with Crippen molar-refractivity contribution in [3.8, 4) is 0 Å². The van der Waals surface area contributed by atoms with Gasteiger partial charge in [0.15, 0.2) is 0 Å². The Hall–Kier alpha value is -1.09. The van der Waals surface area contributed by atoms with Crippen molar-refractivity contribution in [3.63, 3.8) is 0 Å². The van der Waals surface area contributed by atoms with E-state index in [-0.39, 0.29) is 5.82 Å². The molecular formula is C16H20ClFN2. The summed E-state index contributed by atoms with van der Waals surface area (Å²) in [6, 6.07) is 5.35. The van der Waals surface area contributed by atoms with Crippen LogP contribution < -0.4 is 0 Å². The van der Waals surface area contributed by atoms with E-state index in [9.17, 15) is 4.39 Å². The maximum Gasteiger partial charge on any atom is 0.125 e. The Balaban J connectivity index is 2.14. The van der Waals surface area contributed by atoms with Gasteiger partial charge >= 0.3 is 0 Å². The average Bonchev–Trinajstić information content (AvgIpc) is 2.91. The lowest BCUT2D eigenvalue weighted by atomic mass is 9.97. The fraction of sp³-hybridized carbons (Fsp3) is 0.562. The Morgan fingerprint density at radius 2 is 2.15 bits per heavy atom. The molecule has 2 aromatic rings. The van der Waals surface area contributed by atoms with E-state index < -0.39 is 0 Å². The first-order valence-corrected chi connectivity index (χ1v) is 7.87. The number of aromatic nitrogens is 2. The molecule has 108 valence electrons. The van der Waals surface area contributed by atoms with E-state index in [4.69, 9.17) is 11.6 Å². The fourth-order valence-corrected chi connectivity index (χ4v) is 3.62. The number of alkyl halides is 1. The van der Waals surface area contributed by atoms with Crippen molar-refractivity contribution in [2.45, 2.75) is 39.2 Å². The molecule has 0 spiro atoms. The number of nitrogens with zero attached hydrogens (tertiary/aromatic N) is 2. The standard InChI is InChI=1S/C16H20ClFN2/c1-10-3-5-14(11(10)2)20-15-6-4-12(18)9-13(15)19-16(20)7-8-17/h4,6,9-11,14H,3,5,7-8H2,1-2H3. The lowest BCUT2D eigenvalue weighted by molar-refractivity contribution is 0.352. The van der Waals surface area contributed by atoms with Crippen LogP contribution in [0.25, 0.3) is 11.0 Å². The normalized spacial score (nSPS) is 26.5. The quantitative estimate of drug-likeness (QED) is 0.759. The predicted molar refractivity (Wildman–Crippen MR) is 80.7 cm³/mol. The van der Waals surface area contributed by atoms with E-state index in [1.807, 2.05) is 6.07 Å². The molecule has 3 unspecified atom stereocenters. The molecule has 1 aliphatic rings. The van der Waals surface area contributed by atoms with Gasteiger partial charge in [0, 0.05) is 24.4 Å². The summed E-state index contributed by atoms with van der Waals surface area (Å²) < 4.78 is 15.7. The molecule has 0 saturated heterocycles. The molecular weight excluding hydrogens is 275 g/mol. The monoisotopic (exact) mass is 294 g/mol. The number of halogens is 2. The van der Waals surface area contributed by atoms with E-state index in [0.717, 1.165) is 29.2 Å². The van der Waals surface area contributed by atoms with Crippen LogP contribution in [0, 0.1) is 17.7 Å². The minimum Gasteiger partial charge on any atom is -0.325 e. The van der Waals surface area contributed by atoms with Crippen molar-refractivity contribution in [1.29, 1.82) is 0 Å². The van der Waals surface area contributed by atoms with E-state index in [2.05, 4.69) is 23.4 Å². The van der Waals surface area contributed by atoms with Gasteiger partial charge in [-0.05, 0) is 36.8 Å². The van der Waals surface area contributed by atoms with E-state index >= 15 is 0 Å². The number of aryl methyl sites for hydroxylation is 1. The molecule has 1 aromatic heterocycles. The Kier molecular flexibility index (Phi) is 3.72. The maximum absolute atomic E-state index is 13.4. The molecule has 3 rings (SSSR count). The highest BCUT2D eigenvalue weighted by atomic mass is 35.5. The third-order valence-electron chi connectivity index (χ3n) is 4.80. The number of benzene rings is 1. The Labute approximate surface area is 123 Å². The summed E-state index contributed by atoms with van der Waals surface area (Å²) >= 11 is 5.91. The lowest BCUT2D eigenvalue weighted by Crippen LogP contribution is -2.17. The van der Waals surface area contributed by atoms with Crippen LogP contribution >= 0.6 is 11.6 Å². The van der Waals surface area contributed by atoms with Crippen molar-refractivity contribution < 1.29 is 4.39 Å². The summed E-state index contributed by atoms with van der Waals surface area (Å²) in [4.78, 5) is 4.61. The topological polar surface area (TPSA) is 17.8 Å². The van der Waals surface area contributed by atoms with Gasteiger partial charge in [0.25, 0.3) is 0 Å². The van der Waals surface area contributed by atoms with Crippen molar-refractivity contribution in [3.05, 3.63) is 29.8 Å². The van der Waals surface area contributed by atoms with Crippen LogP contribution in [-0.2, 0) is 6.42 Å². The Morgan fingerprint density at radius 1 is 1.35 bits per heavy atom. The highest BCUT2D eigenvalue weighted by Gasteiger charge is 2.33. The van der Waals surface area contributed by atoms with Crippen LogP contribution in [0.5, 0.6) is 0 Å². The molecule has 0 N–H and O–H groups in total. The second-order valence-electron chi connectivity index (χ2n) is 5.95. The summed E-state index contributed by atoms with van der Waals surface area (Å²) in [5.41, 5.74) is 1.79. The summed E-state index contributed by atoms with van der Waals surface area (Å²) in [6.45, 7) is 4.62. The molecule has 0 aliphatic heterocycles. The number of hydrogen-bond acceptors (Lipinski definition) is 1. The molecule has 1 heterocycles. The van der Waals surface area contributed by atoms with Gasteiger partial charge in [0.2, 0.25) is 0 Å². The average molecular weight is 295 g/mol. The van der Waals surface area contributed by atoms with Crippen molar-refractivity contribution in [1.82, 2.24) is 9.55 Å². The zero-order chi connectivity index (χ0) is 14.3. The lowest BCUT2D eigenvalue weighted by Gasteiger charge is -2.22. The summed E-state index contributed by atoms with van der Waals surface area (Å²) in [5, 5.41) is 0. The van der Waals surface area contributed by atoms with E-state index in [0.29, 0.717) is 17.8 Å². The number of rotatable bonds is 3. The van der Waals surface area contributed by atoms with E-state index in [1.54, 1.807) is 0 Å². The van der Waals surface area contributed by atoms with Crippen LogP contribution in [0.3, 0.4) is 0 Å². The Morgan fingerprint density at radius 3 is 2.80 bits per heavy atom. The molecule has 2 nitrogen and oxygen atoms in total. The molecule has 0 radical (unpaired) electrons. The fourth-order valence-electron chi connectivity index (χ4n) is 3.46. The molecule has 1 fully saturated rings. The molecule has 0 bridgehead atoms. The van der Waals surface area contributed by atoms with Gasteiger partial charge in [-0.3, -0.25) is 0 Å². The summed E-state index contributed by atoms with van der Waals surface area (Å²) in [6.07, 6.45) is 3.14. The highest BCUT2D eigenvalue weighted by Crippen LogP contribution is 2.42. The smallest absolute Gasteiger partial charge is 0.125 e.